The molecule has 1 atom stereocenters. The van der Waals surface area contributed by atoms with Gasteiger partial charge in [-0.3, -0.25) is 4.79 Å². The van der Waals surface area contributed by atoms with E-state index in [2.05, 4.69) is 15.3 Å². The first kappa shape index (κ1) is 18.1. The molecule has 1 aliphatic rings. The summed E-state index contributed by atoms with van der Waals surface area (Å²) in [6, 6.07) is 20.9. The van der Waals surface area contributed by atoms with E-state index in [1.54, 1.807) is 12.5 Å². The molecule has 0 saturated heterocycles. The number of benzene rings is 2. The van der Waals surface area contributed by atoms with Crippen LogP contribution in [0.5, 0.6) is 11.5 Å². The Kier molecular flexibility index (Phi) is 4.73. The highest BCUT2D eigenvalue weighted by Crippen LogP contribution is 2.32. The summed E-state index contributed by atoms with van der Waals surface area (Å²) in [5.41, 5.74) is 2.17. The largest absolute Gasteiger partial charge is 0.469 e. The van der Waals surface area contributed by atoms with Gasteiger partial charge >= 0.3 is 0 Å². The van der Waals surface area contributed by atoms with Gasteiger partial charge in [0.2, 0.25) is 5.95 Å². The highest BCUT2D eigenvalue weighted by atomic mass is 16.5. The molecule has 0 radical (unpaired) electrons. The molecule has 1 aliphatic carbocycles. The van der Waals surface area contributed by atoms with Crippen LogP contribution in [0.25, 0.3) is 0 Å². The lowest BCUT2D eigenvalue weighted by Crippen LogP contribution is -2.20. The molecule has 5 rings (SSSR count). The minimum atomic E-state index is 0.0113. The second kappa shape index (κ2) is 7.83. The lowest BCUT2D eigenvalue weighted by Gasteiger charge is -2.21. The van der Waals surface area contributed by atoms with Crippen LogP contribution in [0.2, 0.25) is 0 Å². The number of hydrogen-bond acceptors (Lipinski definition) is 6. The highest BCUT2D eigenvalue weighted by molar-refractivity contribution is 5.98. The molecule has 0 amide bonds. The predicted octanol–water partition coefficient (Wildman–Crippen LogP) is 5.52. The van der Waals surface area contributed by atoms with Crippen molar-refractivity contribution < 1.29 is 13.9 Å². The number of rotatable bonds is 5. The van der Waals surface area contributed by atoms with Crippen molar-refractivity contribution in [2.75, 3.05) is 5.32 Å². The molecular weight excluding hydrogens is 378 g/mol. The number of hydrogen-bond donors (Lipinski definition) is 1. The first-order valence-electron chi connectivity index (χ1n) is 9.77. The maximum Gasteiger partial charge on any atom is 0.227 e. The van der Waals surface area contributed by atoms with Crippen LogP contribution < -0.4 is 10.1 Å². The molecule has 0 bridgehead atoms. The fraction of sp³-hybridized carbons (Fsp3) is 0.125. The molecular formula is C24H19N3O3. The number of Topliss-reactive ketones (excluding diaryl/α,β-unsaturated/α-hetero) is 1. The number of nitrogens with zero attached hydrogens (tertiary/aromatic N) is 2. The van der Waals surface area contributed by atoms with Crippen LogP contribution in [0.4, 0.5) is 11.6 Å². The number of ketones is 1. The van der Waals surface area contributed by atoms with E-state index < -0.39 is 0 Å². The molecule has 30 heavy (non-hydrogen) atoms. The molecule has 4 aromatic rings. The summed E-state index contributed by atoms with van der Waals surface area (Å²) in [5, 5.41) is 3.20. The number of aromatic nitrogens is 2. The van der Waals surface area contributed by atoms with Gasteiger partial charge in [-0.1, -0.05) is 18.2 Å². The fourth-order valence-corrected chi connectivity index (χ4v) is 3.59. The van der Waals surface area contributed by atoms with E-state index >= 15 is 0 Å². The summed E-state index contributed by atoms with van der Waals surface area (Å²) < 4.78 is 11.3. The number of carbonyl (C=O) groups excluding carboxylic acids is 1. The normalized spacial score (nSPS) is 15.5. The molecule has 1 N–H and O–H groups in total. The van der Waals surface area contributed by atoms with Crippen molar-refractivity contribution in [1.29, 1.82) is 0 Å². The number of nitrogens with one attached hydrogen (secondary N) is 1. The maximum absolute atomic E-state index is 12.5. The Labute approximate surface area is 173 Å². The Bertz CT molecular complexity index is 1160. The van der Waals surface area contributed by atoms with E-state index in [1.165, 1.54) is 0 Å². The summed E-state index contributed by atoms with van der Waals surface area (Å²) in [6.07, 6.45) is 4.31. The molecule has 0 saturated carbocycles. The van der Waals surface area contributed by atoms with E-state index in [4.69, 9.17) is 9.15 Å². The van der Waals surface area contributed by atoms with Gasteiger partial charge in [-0.2, -0.15) is 0 Å². The minimum absolute atomic E-state index is 0.0113. The predicted molar refractivity (Wildman–Crippen MR) is 112 cm³/mol. The van der Waals surface area contributed by atoms with Gasteiger partial charge < -0.3 is 14.5 Å². The van der Waals surface area contributed by atoms with Crippen LogP contribution in [-0.4, -0.2) is 15.8 Å². The van der Waals surface area contributed by atoms with Crippen molar-refractivity contribution in [1.82, 2.24) is 9.97 Å². The monoisotopic (exact) mass is 397 g/mol. The van der Waals surface area contributed by atoms with E-state index in [1.807, 2.05) is 66.7 Å². The van der Waals surface area contributed by atoms with Crippen LogP contribution >= 0.6 is 0 Å². The lowest BCUT2D eigenvalue weighted by atomic mass is 9.85. The number of para-hydroxylation sites is 1. The topological polar surface area (TPSA) is 77.2 Å². The van der Waals surface area contributed by atoms with Gasteiger partial charge in [0.1, 0.15) is 17.3 Å². The van der Waals surface area contributed by atoms with E-state index in [9.17, 15) is 4.79 Å². The fourth-order valence-electron chi connectivity index (χ4n) is 3.59. The molecule has 148 valence electrons. The zero-order chi connectivity index (χ0) is 20.3. The van der Waals surface area contributed by atoms with Crippen molar-refractivity contribution in [3.63, 3.8) is 0 Å². The average Bonchev–Trinajstić information content (AvgIpc) is 3.31. The van der Waals surface area contributed by atoms with Crippen molar-refractivity contribution in [2.45, 2.75) is 18.8 Å². The van der Waals surface area contributed by atoms with E-state index in [0.29, 0.717) is 24.4 Å². The van der Waals surface area contributed by atoms with Crippen molar-refractivity contribution in [3.05, 3.63) is 96.2 Å². The molecule has 2 heterocycles. The Hall–Kier alpha value is -3.93. The molecule has 1 unspecified atom stereocenters. The molecule has 2 aromatic heterocycles. The number of carbonyl (C=O) groups is 1. The number of anilines is 2. The quantitative estimate of drug-likeness (QED) is 0.478. The van der Waals surface area contributed by atoms with Crippen LogP contribution in [0, 0.1) is 0 Å². The van der Waals surface area contributed by atoms with Crippen molar-refractivity contribution in [2.24, 2.45) is 0 Å². The maximum atomic E-state index is 12.5. The van der Waals surface area contributed by atoms with Crippen LogP contribution in [-0.2, 0) is 6.42 Å². The van der Waals surface area contributed by atoms with Crippen LogP contribution in [0.3, 0.4) is 0 Å². The van der Waals surface area contributed by atoms with Gasteiger partial charge in [0.05, 0.1) is 17.5 Å². The SMILES string of the molecule is O=C1CC(c2ccco2)Cc2nc(Nc3ccc(Oc4ccccc4)cc3)ncc21. The van der Waals surface area contributed by atoms with Crippen LogP contribution in [0.1, 0.15) is 34.2 Å². The third-order valence-electron chi connectivity index (χ3n) is 5.07. The molecule has 6 nitrogen and oxygen atoms in total. The summed E-state index contributed by atoms with van der Waals surface area (Å²) >= 11 is 0. The van der Waals surface area contributed by atoms with Gasteiger partial charge in [-0.15, -0.1) is 0 Å². The number of fused-ring (bicyclic) bond motifs is 1. The summed E-state index contributed by atoms with van der Waals surface area (Å²) in [5.74, 6) is 2.86. The third kappa shape index (κ3) is 3.80. The van der Waals surface area contributed by atoms with Gasteiger partial charge in [-0.05, 0) is 48.5 Å². The number of furan rings is 1. The first-order valence-corrected chi connectivity index (χ1v) is 9.77. The van der Waals surface area contributed by atoms with Crippen molar-refractivity contribution in [3.8, 4) is 11.5 Å². The Balaban J connectivity index is 1.31. The van der Waals surface area contributed by atoms with E-state index in [-0.39, 0.29) is 11.7 Å². The van der Waals surface area contributed by atoms with Gasteiger partial charge in [0.25, 0.3) is 0 Å². The zero-order valence-corrected chi connectivity index (χ0v) is 16.1. The van der Waals surface area contributed by atoms with Crippen molar-refractivity contribution >= 4 is 17.4 Å². The molecule has 6 heteroatoms. The third-order valence-corrected chi connectivity index (χ3v) is 5.07. The first-order chi connectivity index (χ1) is 14.7. The van der Waals surface area contributed by atoms with Gasteiger partial charge in [0, 0.05) is 30.6 Å². The smallest absolute Gasteiger partial charge is 0.227 e. The Morgan fingerprint density at radius 3 is 2.50 bits per heavy atom. The van der Waals surface area contributed by atoms with Gasteiger partial charge in [0.15, 0.2) is 5.78 Å². The highest BCUT2D eigenvalue weighted by Gasteiger charge is 2.29. The molecule has 2 aromatic carbocycles. The summed E-state index contributed by atoms with van der Waals surface area (Å²) in [6.45, 7) is 0. The standard InChI is InChI=1S/C24H19N3O3/c28-22-14-16(23-7-4-12-29-23)13-21-20(22)15-25-24(27-21)26-17-8-10-19(11-9-17)30-18-5-2-1-3-6-18/h1-12,15-16H,13-14H2,(H,25,26,27). The Morgan fingerprint density at radius 2 is 1.73 bits per heavy atom. The summed E-state index contributed by atoms with van der Waals surface area (Å²) in [4.78, 5) is 21.4. The second-order valence-electron chi connectivity index (χ2n) is 7.16. The molecule has 0 spiro atoms. The average molecular weight is 397 g/mol. The molecule has 0 aliphatic heterocycles. The zero-order valence-electron chi connectivity index (χ0n) is 16.1. The summed E-state index contributed by atoms with van der Waals surface area (Å²) in [7, 11) is 0. The van der Waals surface area contributed by atoms with Gasteiger partial charge in [-0.25, -0.2) is 9.97 Å². The second-order valence-corrected chi connectivity index (χ2v) is 7.16. The lowest BCUT2D eigenvalue weighted by molar-refractivity contribution is 0.0958. The molecule has 0 fully saturated rings. The number of ether oxygens (including phenoxy) is 1. The Morgan fingerprint density at radius 1 is 0.933 bits per heavy atom. The minimum Gasteiger partial charge on any atom is -0.469 e. The van der Waals surface area contributed by atoms with Crippen LogP contribution in [0.15, 0.2) is 83.6 Å². The van der Waals surface area contributed by atoms with E-state index in [0.717, 1.165) is 28.6 Å².